The molecule has 7 heteroatoms. The number of nitrogens with zero attached hydrogens (tertiary/aromatic N) is 3. The van der Waals surface area contributed by atoms with Crippen molar-refractivity contribution < 1.29 is 9.18 Å². The Balaban J connectivity index is 1.79. The molecule has 6 nitrogen and oxygen atoms in total. The maximum Gasteiger partial charge on any atom is 0.229 e. The molecule has 0 aliphatic heterocycles. The molecule has 0 bridgehead atoms. The molecule has 0 fully saturated rings. The SMILES string of the molecule is Cc1cc(-c2ccccc2C#N)nc(NCCc2cccc(F)c2)c1C(C(N)=O)c1cccnc1. The van der Waals surface area contributed by atoms with Crippen LogP contribution in [0.4, 0.5) is 10.2 Å². The highest BCUT2D eigenvalue weighted by Crippen LogP contribution is 2.35. The number of primary amides is 1. The number of nitriles is 1. The minimum absolute atomic E-state index is 0.294. The predicted molar refractivity (Wildman–Crippen MR) is 133 cm³/mol. The molecular formula is C28H24FN5O. The van der Waals surface area contributed by atoms with Gasteiger partial charge in [-0.2, -0.15) is 5.26 Å². The van der Waals surface area contributed by atoms with Gasteiger partial charge in [-0.3, -0.25) is 9.78 Å². The van der Waals surface area contributed by atoms with Crippen molar-refractivity contribution in [1.29, 1.82) is 5.26 Å². The van der Waals surface area contributed by atoms with Crippen LogP contribution in [0.3, 0.4) is 0 Å². The summed E-state index contributed by atoms with van der Waals surface area (Å²) in [4.78, 5) is 21.6. The van der Waals surface area contributed by atoms with E-state index in [2.05, 4.69) is 16.4 Å². The zero-order valence-corrected chi connectivity index (χ0v) is 19.2. The molecule has 4 aromatic rings. The Hall–Kier alpha value is -4.57. The fourth-order valence-electron chi connectivity index (χ4n) is 4.16. The molecule has 1 unspecified atom stereocenters. The number of amides is 1. The molecule has 0 saturated heterocycles. The van der Waals surface area contributed by atoms with Crippen molar-refractivity contribution in [3.8, 4) is 17.3 Å². The molecule has 174 valence electrons. The van der Waals surface area contributed by atoms with Gasteiger partial charge >= 0.3 is 0 Å². The number of pyridine rings is 2. The number of halogens is 1. The number of hydrogen-bond acceptors (Lipinski definition) is 5. The molecular weight excluding hydrogens is 441 g/mol. The number of rotatable bonds is 8. The molecule has 2 aromatic carbocycles. The molecule has 0 aliphatic rings. The quantitative estimate of drug-likeness (QED) is 0.391. The van der Waals surface area contributed by atoms with Crippen LogP contribution in [0, 0.1) is 24.1 Å². The lowest BCUT2D eigenvalue weighted by Crippen LogP contribution is -2.25. The third-order valence-electron chi connectivity index (χ3n) is 5.77. The fraction of sp³-hybridized carbons (Fsp3) is 0.143. The monoisotopic (exact) mass is 465 g/mol. The summed E-state index contributed by atoms with van der Waals surface area (Å²) in [5.41, 5.74) is 10.6. The first kappa shape index (κ1) is 23.6. The first-order valence-electron chi connectivity index (χ1n) is 11.2. The van der Waals surface area contributed by atoms with Crippen LogP contribution in [0.1, 0.15) is 33.7 Å². The fourth-order valence-corrected chi connectivity index (χ4v) is 4.16. The van der Waals surface area contributed by atoms with Gasteiger partial charge in [0.05, 0.1) is 23.2 Å². The molecule has 0 aliphatic carbocycles. The summed E-state index contributed by atoms with van der Waals surface area (Å²) >= 11 is 0. The molecule has 0 radical (unpaired) electrons. The molecule has 35 heavy (non-hydrogen) atoms. The van der Waals surface area contributed by atoms with Crippen molar-refractivity contribution in [3.63, 3.8) is 0 Å². The van der Waals surface area contributed by atoms with Gasteiger partial charge in [-0.1, -0.05) is 36.4 Å². The van der Waals surface area contributed by atoms with Gasteiger partial charge in [-0.05, 0) is 60.4 Å². The number of nitrogens with one attached hydrogen (secondary N) is 1. The number of benzene rings is 2. The van der Waals surface area contributed by atoms with E-state index in [1.54, 1.807) is 42.7 Å². The van der Waals surface area contributed by atoms with Crippen LogP contribution in [0.2, 0.25) is 0 Å². The molecule has 0 spiro atoms. The average molecular weight is 466 g/mol. The van der Waals surface area contributed by atoms with Crippen LogP contribution in [0.5, 0.6) is 0 Å². The first-order chi connectivity index (χ1) is 17.0. The van der Waals surface area contributed by atoms with Crippen molar-refractivity contribution in [2.45, 2.75) is 19.3 Å². The average Bonchev–Trinajstić information content (AvgIpc) is 2.86. The lowest BCUT2D eigenvalue weighted by molar-refractivity contribution is -0.118. The number of hydrogen-bond donors (Lipinski definition) is 2. The number of carbonyl (C=O) groups is 1. The molecule has 2 heterocycles. The van der Waals surface area contributed by atoms with Gasteiger partial charge in [0.2, 0.25) is 5.91 Å². The summed E-state index contributed by atoms with van der Waals surface area (Å²) in [6.07, 6.45) is 3.79. The van der Waals surface area contributed by atoms with Gasteiger partial charge in [0.1, 0.15) is 11.6 Å². The molecule has 1 amide bonds. The number of aromatic nitrogens is 2. The van der Waals surface area contributed by atoms with E-state index in [-0.39, 0.29) is 5.82 Å². The van der Waals surface area contributed by atoms with Gasteiger partial charge < -0.3 is 11.1 Å². The van der Waals surface area contributed by atoms with E-state index in [1.807, 2.05) is 31.2 Å². The summed E-state index contributed by atoms with van der Waals surface area (Å²) in [6.45, 7) is 2.34. The summed E-state index contributed by atoms with van der Waals surface area (Å²) in [7, 11) is 0. The highest BCUT2D eigenvalue weighted by molar-refractivity contribution is 5.88. The Morgan fingerprint density at radius 2 is 1.97 bits per heavy atom. The maximum atomic E-state index is 13.6. The van der Waals surface area contributed by atoms with E-state index >= 15 is 0 Å². The van der Waals surface area contributed by atoms with E-state index in [1.165, 1.54) is 12.1 Å². The van der Waals surface area contributed by atoms with Crippen LogP contribution < -0.4 is 11.1 Å². The Morgan fingerprint density at radius 3 is 2.69 bits per heavy atom. The highest BCUT2D eigenvalue weighted by atomic mass is 19.1. The second-order valence-corrected chi connectivity index (χ2v) is 8.17. The number of anilines is 1. The topological polar surface area (TPSA) is 105 Å². The number of carbonyl (C=O) groups excluding carboxylic acids is 1. The standard InChI is InChI=1S/C28H24FN5O/c1-18-14-24(23-10-3-2-7-20(23)16-30)34-28(33-13-11-19-6-4-9-22(29)15-19)25(18)26(27(31)35)21-8-5-12-32-17-21/h2-10,12,14-15,17,26H,11,13H2,1H3,(H2,31,35)(H,33,34). The Labute approximate surface area is 203 Å². The van der Waals surface area contributed by atoms with Gasteiger partial charge in [0.15, 0.2) is 0 Å². The van der Waals surface area contributed by atoms with Crippen molar-refractivity contribution in [1.82, 2.24) is 9.97 Å². The first-order valence-corrected chi connectivity index (χ1v) is 11.2. The Bertz CT molecular complexity index is 1400. The van der Waals surface area contributed by atoms with E-state index in [9.17, 15) is 14.4 Å². The van der Waals surface area contributed by atoms with Gasteiger partial charge in [0.25, 0.3) is 0 Å². The van der Waals surface area contributed by atoms with Crippen molar-refractivity contribution >= 4 is 11.7 Å². The molecule has 4 rings (SSSR count). The van der Waals surface area contributed by atoms with Crippen LogP contribution >= 0.6 is 0 Å². The predicted octanol–water partition coefficient (Wildman–Crippen LogP) is 4.73. The number of nitrogens with two attached hydrogens (primary N) is 1. The van der Waals surface area contributed by atoms with Crippen molar-refractivity contribution in [3.05, 3.63) is 113 Å². The normalized spacial score (nSPS) is 11.5. The summed E-state index contributed by atoms with van der Waals surface area (Å²) in [5.74, 6) is -1.11. The molecule has 0 saturated carbocycles. The lowest BCUT2D eigenvalue weighted by atomic mass is 9.88. The van der Waals surface area contributed by atoms with Crippen molar-refractivity contribution in [2.24, 2.45) is 5.73 Å². The summed E-state index contributed by atoms with van der Waals surface area (Å²) in [6, 6.07) is 21.3. The third kappa shape index (κ3) is 5.33. The van der Waals surface area contributed by atoms with E-state index in [0.717, 1.165) is 11.1 Å². The molecule has 2 aromatic heterocycles. The Kier molecular flexibility index (Phi) is 7.12. The van der Waals surface area contributed by atoms with Crippen LogP contribution in [0.15, 0.2) is 79.1 Å². The highest BCUT2D eigenvalue weighted by Gasteiger charge is 2.27. The zero-order chi connectivity index (χ0) is 24.8. The summed E-state index contributed by atoms with van der Waals surface area (Å²) in [5, 5.41) is 12.9. The molecule has 3 N–H and O–H groups in total. The van der Waals surface area contributed by atoms with Crippen LogP contribution in [-0.4, -0.2) is 22.4 Å². The minimum atomic E-state index is -0.770. The second kappa shape index (κ2) is 10.6. The van der Waals surface area contributed by atoms with E-state index < -0.39 is 11.8 Å². The largest absolute Gasteiger partial charge is 0.369 e. The number of aryl methyl sites for hydroxylation is 1. The second-order valence-electron chi connectivity index (χ2n) is 8.17. The minimum Gasteiger partial charge on any atom is -0.369 e. The van der Waals surface area contributed by atoms with Crippen LogP contribution in [0.25, 0.3) is 11.3 Å². The molecule has 1 atom stereocenters. The van der Waals surface area contributed by atoms with Crippen molar-refractivity contribution in [2.75, 3.05) is 11.9 Å². The zero-order valence-electron chi connectivity index (χ0n) is 19.2. The summed E-state index contributed by atoms with van der Waals surface area (Å²) < 4.78 is 13.6. The van der Waals surface area contributed by atoms with E-state index in [0.29, 0.717) is 46.7 Å². The van der Waals surface area contributed by atoms with Gasteiger partial charge in [-0.15, -0.1) is 0 Å². The maximum absolute atomic E-state index is 13.6. The smallest absolute Gasteiger partial charge is 0.229 e. The van der Waals surface area contributed by atoms with Crippen LogP contribution in [-0.2, 0) is 11.2 Å². The third-order valence-corrected chi connectivity index (χ3v) is 5.77. The van der Waals surface area contributed by atoms with Gasteiger partial charge in [-0.25, -0.2) is 9.37 Å². The lowest BCUT2D eigenvalue weighted by Gasteiger charge is -2.22. The van der Waals surface area contributed by atoms with E-state index in [4.69, 9.17) is 10.7 Å². The Morgan fingerprint density at radius 1 is 1.14 bits per heavy atom. The van der Waals surface area contributed by atoms with Gasteiger partial charge in [0, 0.05) is 30.1 Å².